The van der Waals surface area contributed by atoms with Gasteiger partial charge < -0.3 is 9.64 Å². The fourth-order valence-corrected chi connectivity index (χ4v) is 4.05. The number of hydrogen-bond acceptors (Lipinski definition) is 5. The van der Waals surface area contributed by atoms with Gasteiger partial charge in [0, 0.05) is 17.1 Å². The van der Waals surface area contributed by atoms with Crippen molar-refractivity contribution in [2.75, 3.05) is 26.3 Å². The van der Waals surface area contributed by atoms with Crippen LogP contribution in [-0.4, -0.2) is 51.5 Å². The zero-order valence-electron chi connectivity index (χ0n) is 16.1. The van der Waals surface area contributed by atoms with Crippen LogP contribution in [0.4, 0.5) is 0 Å². The SMILES string of the molecule is c1ccc(Cn2nnnc2[C@@H](c2ccc3ncccc3c2)[NH+]2CCOCC2)cc1. The molecule has 4 aromatic rings. The third-order valence-corrected chi connectivity index (χ3v) is 5.50. The molecular formula is C22H23N6O+. The molecule has 1 atom stereocenters. The molecule has 146 valence electrons. The van der Waals surface area contributed by atoms with Crippen LogP contribution in [0.2, 0.25) is 0 Å². The first kappa shape index (κ1) is 17.9. The van der Waals surface area contributed by atoms with Crippen LogP contribution < -0.4 is 4.90 Å². The fourth-order valence-electron chi connectivity index (χ4n) is 4.05. The van der Waals surface area contributed by atoms with Gasteiger partial charge in [0.15, 0.2) is 6.04 Å². The highest BCUT2D eigenvalue weighted by Gasteiger charge is 2.33. The van der Waals surface area contributed by atoms with Crippen LogP contribution in [-0.2, 0) is 11.3 Å². The Labute approximate surface area is 168 Å². The van der Waals surface area contributed by atoms with Crippen molar-refractivity contribution in [3.63, 3.8) is 0 Å². The molecule has 1 N–H and O–H groups in total. The normalized spacial score (nSPS) is 16.1. The van der Waals surface area contributed by atoms with Gasteiger partial charge in [0.25, 0.3) is 0 Å². The van der Waals surface area contributed by atoms with Gasteiger partial charge in [-0.05, 0) is 34.2 Å². The first-order chi connectivity index (χ1) is 14.4. The zero-order chi connectivity index (χ0) is 19.5. The maximum atomic E-state index is 5.61. The number of rotatable bonds is 5. The number of quaternary nitrogens is 1. The number of pyridine rings is 1. The van der Waals surface area contributed by atoms with Gasteiger partial charge in [-0.2, -0.15) is 0 Å². The minimum Gasteiger partial charge on any atom is -0.370 e. The predicted molar refractivity (Wildman–Crippen MR) is 108 cm³/mol. The maximum absolute atomic E-state index is 5.61. The molecule has 1 aliphatic rings. The molecule has 0 aliphatic carbocycles. The van der Waals surface area contributed by atoms with Crippen LogP contribution in [0.25, 0.3) is 10.9 Å². The van der Waals surface area contributed by atoms with E-state index in [1.54, 1.807) is 0 Å². The summed E-state index contributed by atoms with van der Waals surface area (Å²) in [5.74, 6) is 0.883. The predicted octanol–water partition coefficient (Wildman–Crippen LogP) is 1.27. The van der Waals surface area contributed by atoms with Gasteiger partial charge in [0.1, 0.15) is 13.1 Å². The number of nitrogens with zero attached hydrogens (tertiary/aromatic N) is 5. The van der Waals surface area contributed by atoms with Gasteiger partial charge >= 0.3 is 0 Å². The van der Waals surface area contributed by atoms with Crippen molar-refractivity contribution < 1.29 is 9.64 Å². The minimum atomic E-state index is 0.0437. The van der Waals surface area contributed by atoms with Crippen LogP contribution in [0.3, 0.4) is 0 Å². The summed E-state index contributed by atoms with van der Waals surface area (Å²) in [7, 11) is 0. The van der Waals surface area contributed by atoms with E-state index in [1.165, 1.54) is 16.0 Å². The molecule has 0 unspecified atom stereocenters. The van der Waals surface area contributed by atoms with Gasteiger partial charge in [-0.25, -0.2) is 4.68 Å². The smallest absolute Gasteiger partial charge is 0.214 e. The van der Waals surface area contributed by atoms with Gasteiger partial charge in [-0.3, -0.25) is 4.98 Å². The molecule has 0 saturated carbocycles. The Bertz CT molecular complexity index is 1090. The monoisotopic (exact) mass is 387 g/mol. The second-order valence-corrected chi connectivity index (χ2v) is 7.34. The lowest BCUT2D eigenvalue weighted by Gasteiger charge is -2.31. The number of nitrogens with one attached hydrogen (secondary N) is 1. The molecule has 1 fully saturated rings. The molecule has 7 nitrogen and oxygen atoms in total. The standard InChI is InChI=1S/C22H22N6O/c1-2-5-17(6-3-1)16-28-22(24-25-26-28)21(27-11-13-29-14-12-27)19-8-9-20-18(15-19)7-4-10-23-20/h1-10,15,21H,11-14,16H2/p+1/t21-/m1/s1. The van der Waals surface area contributed by atoms with E-state index in [2.05, 4.69) is 56.9 Å². The van der Waals surface area contributed by atoms with E-state index in [4.69, 9.17) is 4.74 Å². The summed E-state index contributed by atoms with van der Waals surface area (Å²) in [6.45, 7) is 4.00. The first-order valence-corrected chi connectivity index (χ1v) is 9.95. The quantitative estimate of drug-likeness (QED) is 0.559. The number of benzene rings is 2. The molecule has 0 spiro atoms. The van der Waals surface area contributed by atoms with E-state index < -0.39 is 0 Å². The van der Waals surface area contributed by atoms with Crippen LogP contribution in [0.5, 0.6) is 0 Å². The van der Waals surface area contributed by atoms with Crippen molar-refractivity contribution in [2.24, 2.45) is 0 Å². The summed E-state index contributed by atoms with van der Waals surface area (Å²) in [5, 5.41) is 13.9. The number of morpholine rings is 1. The second-order valence-electron chi connectivity index (χ2n) is 7.34. The van der Waals surface area contributed by atoms with Crippen molar-refractivity contribution in [2.45, 2.75) is 12.6 Å². The average Bonchev–Trinajstić information content (AvgIpc) is 3.23. The highest BCUT2D eigenvalue weighted by molar-refractivity contribution is 5.79. The molecule has 2 aromatic heterocycles. The van der Waals surface area contributed by atoms with Crippen LogP contribution in [0.1, 0.15) is 23.0 Å². The van der Waals surface area contributed by atoms with E-state index >= 15 is 0 Å². The molecule has 0 amide bonds. The van der Waals surface area contributed by atoms with Crippen molar-refractivity contribution in [3.8, 4) is 0 Å². The highest BCUT2D eigenvalue weighted by Crippen LogP contribution is 2.22. The summed E-state index contributed by atoms with van der Waals surface area (Å²) in [6, 6.07) is 20.9. The largest absolute Gasteiger partial charge is 0.370 e. The highest BCUT2D eigenvalue weighted by atomic mass is 16.5. The fraction of sp³-hybridized carbons (Fsp3) is 0.273. The number of aromatic nitrogens is 5. The van der Waals surface area contributed by atoms with Crippen molar-refractivity contribution >= 4 is 10.9 Å². The molecule has 7 heteroatoms. The number of tetrazole rings is 1. The van der Waals surface area contributed by atoms with E-state index in [1.807, 2.05) is 35.1 Å². The van der Waals surface area contributed by atoms with Crippen molar-refractivity contribution in [1.82, 2.24) is 25.2 Å². The van der Waals surface area contributed by atoms with E-state index in [-0.39, 0.29) is 6.04 Å². The Kier molecular flexibility index (Phi) is 4.98. The zero-order valence-corrected chi connectivity index (χ0v) is 16.1. The molecule has 3 heterocycles. The third-order valence-electron chi connectivity index (χ3n) is 5.50. The third kappa shape index (κ3) is 3.74. The summed E-state index contributed by atoms with van der Waals surface area (Å²) in [6.07, 6.45) is 1.83. The first-order valence-electron chi connectivity index (χ1n) is 9.95. The lowest BCUT2D eigenvalue weighted by atomic mass is 10.0. The lowest BCUT2D eigenvalue weighted by Crippen LogP contribution is -3.14. The average molecular weight is 387 g/mol. The molecule has 1 aliphatic heterocycles. The molecule has 29 heavy (non-hydrogen) atoms. The van der Waals surface area contributed by atoms with Gasteiger partial charge in [0.05, 0.1) is 25.3 Å². The van der Waals surface area contributed by atoms with Gasteiger partial charge in [-0.15, -0.1) is 5.10 Å². The molecule has 1 saturated heterocycles. The second kappa shape index (κ2) is 8.06. The summed E-state index contributed by atoms with van der Waals surface area (Å²) in [4.78, 5) is 5.88. The van der Waals surface area contributed by atoms with Crippen LogP contribution >= 0.6 is 0 Å². The number of fused-ring (bicyclic) bond motifs is 1. The van der Waals surface area contributed by atoms with Gasteiger partial charge in [-0.1, -0.05) is 42.5 Å². The Morgan fingerprint density at radius 2 is 1.86 bits per heavy atom. The molecule has 0 bridgehead atoms. The lowest BCUT2D eigenvalue weighted by molar-refractivity contribution is -0.933. The number of hydrogen-bond donors (Lipinski definition) is 1. The Morgan fingerprint density at radius 1 is 1.00 bits per heavy atom. The molecular weight excluding hydrogens is 364 g/mol. The Morgan fingerprint density at radius 3 is 2.72 bits per heavy atom. The van der Waals surface area contributed by atoms with Crippen LogP contribution in [0.15, 0.2) is 66.9 Å². The molecule has 5 rings (SSSR count). The minimum absolute atomic E-state index is 0.0437. The Balaban J connectivity index is 1.57. The topological polar surface area (TPSA) is 70.2 Å². The van der Waals surface area contributed by atoms with Crippen molar-refractivity contribution in [1.29, 1.82) is 0 Å². The Hall–Kier alpha value is -3.16. The maximum Gasteiger partial charge on any atom is 0.214 e. The van der Waals surface area contributed by atoms with E-state index in [9.17, 15) is 0 Å². The summed E-state index contributed by atoms with van der Waals surface area (Å²) in [5.41, 5.74) is 3.38. The number of ether oxygens (including phenoxy) is 1. The van der Waals surface area contributed by atoms with E-state index in [0.29, 0.717) is 6.54 Å². The van der Waals surface area contributed by atoms with Crippen LogP contribution in [0, 0.1) is 0 Å². The van der Waals surface area contributed by atoms with E-state index in [0.717, 1.165) is 43.0 Å². The summed E-state index contributed by atoms with van der Waals surface area (Å²) < 4.78 is 7.54. The molecule has 0 radical (unpaired) electrons. The summed E-state index contributed by atoms with van der Waals surface area (Å²) >= 11 is 0. The van der Waals surface area contributed by atoms with Crippen molar-refractivity contribution in [3.05, 3.63) is 83.8 Å². The molecule has 2 aromatic carbocycles. The van der Waals surface area contributed by atoms with Gasteiger partial charge in [0.2, 0.25) is 5.82 Å².